The smallest absolute Gasteiger partial charge is 0.232 e. The van der Waals surface area contributed by atoms with Gasteiger partial charge < -0.3 is 9.80 Å². The number of amides is 2. The number of likely N-dealkylation sites (tertiary alicyclic amines) is 1. The number of carbonyl (C=O) groups excluding carboxylic acids is 2. The number of carbonyl (C=O) groups is 2. The van der Waals surface area contributed by atoms with Gasteiger partial charge in [0.2, 0.25) is 11.8 Å². The molecular formula is C17H24N2O2. The van der Waals surface area contributed by atoms with Crippen LogP contribution in [-0.2, 0) is 16.1 Å². The van der Waals surface area contributed by atoms with Gasteiger partial charge in [0.25, 0.3) is 0 Å². The van der Waals surface area contributed by atoms with E-state index in [1.54, 1.807) is 11.9 Å². The van der Waals surface area contributed by atoms with Gasteiger partial charge in [-0.25, -0.2) is 0 Å². The van der Waals surface area contributed by atoms with Crippen LogP contribution in [0, 0.1) is 5.92 Å². The van der Waals surface area contributed by atoms with Gasteiger partial charge in [-0.15, -0.1) is 0 Å². The van der Waals surface area contributed by atoms with Crippen molar-refractivity contribution in [2.45, 2.75) is 32.7 Å². The van der Waals surface area contributed by atoms with E-state index in [1.807, 2.05) is 35.2 Å². The molecule has 0 saturated carbocycles. The fraction of sp³-hybridized carbons (Fsp3) is 0.529. The number of hydrogen-bond acceptors (Lipinski definition) is 2. The lowest BCUT2D eigenvalue weighted by Crippen LogP contribution is -2.40. The van der Waals surface area contributed by atoms with Gasteiger partial charge in [0.15, 0.2) is 0 Å². The monoisotopic (exact) mass is 288 g/mol. The van der Waals surface area contributed by atoms with Crippen molar-refractivity contribution in [1.29, 1.82) is 0 Å². The van der Waals surface area contributed by atoms with Gasteiger partial charge in [-0.1, -0.05) is 37.3 Å². The molecule has 2 amide bonds. The van der Waals surface area contributed by atoms with E-state index in [-0.39, 0.29) is 18.2 Å². The lowest BCUT2D eigenvalue weighted by molar-refractivity contribution is -0.141. The molecule has 1 aromatic rings. The summed E-state index contributed by atoms with van der Waals surface area (Å²) in [5, 5.41) is 0. The summed E-state index contributed by atoms with van der Waals surface area (Å²) in [6, 6.07) is 9.82. The van der Waals surface area contributed by atoms with Crippen LogP contribution in [0.1, 0.15) is 31.7 Å². The third-order valence-electron chi connectivity index (χ3n) is 4.13. The molecule has 0 aliphatic carbocycles. The summed E-state index contributed by atoms with van der Waals surface area (Å²) in [6.45, 7) is 4.33. The Hall–Kier alpha value is -1.84. The molecule has 0 bridgehead atoms. The minimum atomic E-state index is -0.109. The molecule has 1 saturated heterocycles. The number of rotatable bonds is 4. The zero-order valence-corrected chi connectivity index (χ0v) is 12.9. The topological polar surface area (TPSA) is 40.6 Å². The van der Waals surface area contributed by atoms with Crippen LogP contribution in [0.4, 0.5) is 0 Å². The first kappa shape index (κ1) is 15.5. The van der Waals surface area contributed by atoms with Gasteiger partial charge in [-0.05, 0) is 24.3 Å². The maximum atomic E-state index is 12.2. The Morgan fingerprint density at radius 1 is 1.19 bits per heavy atom. The van der Waals surface area contributed by atoms with E-state index in [0.29, 0.717) is 12.5 Å². The number of piperidine rings is 1. The minimum Gasteiger partial charge on any atom is -0.342 e. The molecule has 0 radical (unpaired) electrons. The van der Waals surface area contributed by atoms with Gasteiger partial charge >= 0.3 is 0 Å². The number of hydrogen-bond donors (Lipinski definition) is 0. The SMILES string of the molecule is CC1CCN(C(=O)CC(=O)N(C)Cc2ccccc2)CC1. The van der Waals surface area contributed by atoms with Crippen molar-refractivity contribution in [3.05, 3.63) is 35.9 Å². The molecule has 2 rings (SSSR count). The first-order chi connectivity index (χ1) is 10.1. The highest BCUT2D eigenvalue weighted by molar-refractivity contribution is 5.96. The second-order valence-corrected chi connectivity index (χ2v) is 5.98. The lowest BCUT2D eigenvalue weighted by atomic mass is 9.99. The maximum absolute atomic E-state index is 12.2. The summed E-state index contributed by atoms with van der Waals surface area (Å²) >= 11 is 0. The lowest BCUT2D eigenvalue weighted by Gasteiger charge is -2.30. The standard InChI is InChI=1S/C17H24N2O2/c1-14-8-10-19(11-9-14)17(21)12-16(20)18(2)13-15-6-4-3-5-7-15/h3-7,14H,8-13H2,1-2H3. The molecule has 1 fully saturated rings. The third-order valence-corrected chi connectivity index (χ3v) is 4.13. The number of nitrogens with zero attached hydrogens (tertiary/aromatic N) is 2. The summed E-state index contributed by atoms with van der Waals surface area (Å²) in [7, 11) is 1.75. The second-order valence-electron chi connectivity index (χ2n) is 5.98. The molecule has 1 aromatic carbocycles. The van der Waals surface area contributed by atoms with E-state index >= 15 is 0 Å². The van der Waals surface area contributed by atoms with Crippen molar-refractivity contribution in [3.8, 4) is 0 Å². The Bertz CT molecular complexity index is 479. The largest absolute Gasteiger partial charge is 0.342 e. The van der Waals surface area contributed by atoms with Crippen LogP contribution in [0.15, 0.2) is 30.3 Å². The van der Waals surface area contributed by atoms with E-state index < -0.39 is 0 Å². The highest BCUT2D eigenvalue weighted by Gasteiger charge is 2.23. The number of benzene rings is 1. The predicted molar refractivity (Wildman–Crippen MR) is 82.5 cm³/mol. The fourth-order valence-corrected chi connectivity index (χ4v) is 2.58. The summed E-state index contributed by atoms with van der Waals surface area (Å²) in [6.07, 6.45) is 2.07. The Morgan fingerprint density at radius 2 is 1.81 bits per heavy atom. The molecular weight excluding hydrogens is 264 g/mol. The molecule has 0 spiro atoms. The summed E-state index contributed by atoms with van der Waals surface area (Å²) in [4.78, 5) is 27.7. The summed E-state index contributed by atoms with van der Waals surface area (Å²) in [5.41, 5.74) is 1.08. The quantitative estimate of drug-likeness (QED) is 0.798. The van der Waals surface area contributed by atoms with E-state index in [0.717, 1.165) is 31.5 Å². The first-order valence-electron chi connectivity index (χ1n) is 7.62. The molecule has 0 aromatic heterocycles. The Morgan fingerprint density at radius 3 is 2.43 bits per heavy atom. The van der Waals surface area contributed by atoms with Crippen molar-refractivity contribution >= 4 is 11.8 Å². The van der Waals surface area contributed by atoms with Gasteiger partial charge in [-0.3, -0.25) is 9.59 Å². The third kappa shape index (κ3) is 4.59. The van der Waals surface area contributed by atoms with E-state index in [1.165, 1.54) is 0 Å². The molecule has 0 atom stereocenters. The molecule has 0 N–H and O–H groups in total. The maximum Gasteiger partial charge on any atom is 0.232 e. The zero-order chi connectivity index (χ0) is 15.2. The minimum absolute atomic E-state index is 0.0162. The van der Waals surface area contributed by atoms with E-state index in [4.69, 9.17) is 0 Å². The normalized spacial score (nSPS) is 15.8. The van der Waals surface area contributed by atoms with Crippen LogP contribution < -0.4 is 0 Å². The van der Waals surface area contributed by atoms with Gasteiger partial charge in [0, 0.05) is 26.7 Å². The predicted octanol–water partition coefficient (Wildman–Crippen LogP) is 2.29. The second kappa shape index (κ2) is 7.25. The average Bonchev–Trinajstić information content (AvgIpc) is 2.48. The average molecular weight is 288 g/mol. The van der Waals surface area contributed by atoms with Gasteiger partial charge in [-0.2, -0.15) is 0 Å². The summed E-state index contributed by atoms with van der Waals surface area (Å²) < 4.78 is 0. The van der Waals surface area contributed by atoms with E-state index in [2.05, 4.69) is 6.92 Å². The van der Waals surface area contributed by atoms with Gasteiger partial charge in [0.05, 0.1) is 0 Å². The van der Waals surface area contributed by atoms with Crippen LogP contribution in [0.5, 0.6) is 0 Å². The van der Waals surface area contributed by atoms with Crippen molar-refractivity contribution in [3.63, 3.8) is 0 Å². The molecule has 1 aliphatic rings. The molecule has 0 unspecified atom stereocenters. The first-order valence-corrected chi connectivity index (χ1v) is 7.62. The Balaban J connectivity index is 1.81. The molecule has 114 valence electrons. The molecule has 4 nitrogen and oxygen atoms in total. The molecule has 4 heteroatoms. The van der Waals surface area contributed by atoms with Crippen LogP contribution in [-0.4, -0.2) is 41.8 Å². The Kier molecular flexibility index (Phi) is 5.37. The van der Waals surface area contributed by atoms with Crippen molar-refractivity contribution in [2.75, 3.05) is 20.1 Å². The van der Waals surface area contributed by atoms with E-state index in [9.17, 15) is 9.59 Å². The molecule has 1 heterocycles. The molecule has 21 heavy (non-hydrogen) atoms. The van der Waals surface area contributed by atoms with Crippen LogP contribution >= 0.6 is 0 Å². The van der Waals surface area contributed by atoms with Gasteiger partial charge in [0.1, 0.15) is 6.42 Å². The highest BCUT2D eigenvalue weighted by Crippen LogP contribution is 2.17. The zero-order valence-electron chi connectivity index (χ0n) is 12.9. The fourth-order valence-electron chi connectivity index (χ4n) is 2.58. The molecule has 1 aliphatic heterocycles. The van der Waals surface area contributed by atoms with Crippen LogP contribution in [0.3, 0.4) is 0 Å². The van der Waals surface area contributed by atoms with Crippen LogP contribution in [0.25, 0.3) is 0 Å². The van der Waals surface area contributed by atoms with Crippen molar-refractivity contribution in [2.24, 2.45) is 5.92 Å². The van der Waals surface area contributed by atoms with Crippen molar-refractivity contribution in [1.82, 2.24) is 9.80 Å². The summed E-state index contributed by atoms with van der Waals surface area (Å²) in [5.74, 6) is 0.541. The Labute approximate surface area is 126 Å². The van der Waals surface area contributed by atoms with Crippen molar-refractivity contribution < 1.29 is 9.59 Å². The highest BCUT2D eigenvalue weighted by atomic mass is 16.2. The van der Waals surface area contributed by atoms with Crippen LogP contribution in [0.2, 0.25) is 0 Å².